The van der Waals surface area contributed by atoms with Gasteiger partial charge < -0.3 is 16.4 Å². The highest BCUT2D eigenvalue weighted by Gasteiger charge is 2.45. The maximum absolute atomic E-state index is 11.6. The van der Waals surface area contributed by atoms with Gasteiger partial charge in [-0.05, 0) is 29.8 Å². The molecule has 1 aliphatic heterocycles. The second-order valence-electron chi connectivity index (χ2n) is 7.63. The summed E-state index contributed by atoms with van der Waals surface area (Å²) in [5.74, 6) is 0.244. The second-order valence-corrected chi connectivity index (χ2v) is 8.47. The molecular weight excluding hydrogens is 435 g/mol. The Morgan fingerprint density at radius 3 is 2.42 bits per heavy atom. The van der Waals surface area contributed by atoms with Gasteiger partial charge in [0.05, 0.1) is 10.6 Å². The molecule has 2 aromatic carbocycles. The van der Waals surface area contributed by atoms with Gasteiger partial charge in [-0.15, -0.1) is 0 Å². The maximum Gasteiger partial charge on any atom is 0.241 e. The van der Waals surface area contributed by atoms with E-state index in [1.54, 1.807) is 10.7 Å². The number of benzene rings is 2. The van der Waals surface area contributed by atoms with Crippen molar-refractivity contribution in [3.05, 3.63) is 70.8 Å². The van der Waals surface area contributed by atoms with E-state index in [2.05, 4.69) is 4.98 Å². The summed E-state index contributed by atoms with van der Waals surface area (Å²) in [5, 5.41) is 6.10. The molecule has 0 bridgehead atoms. The number of aromatic nitrogens is 3. The van der Waals surface area contributed by atoms with Crippen LogP contribution >= 0.6 is 23.2 Å². The molecule has 0 radical (unpaired) electrons. The number of carbonyl (C=O) groups is 1. The van der Waals surface area contributed by atoms with E-state index in [0.29, 0.717) is 34.5 Å². The molecule has 7 nitrogen and oxygen atoms in total. The number of amides is 1. The van der Waals surface area contributed by atoms with Crippen LogP contribution in [0.5, 0.6) is 0 Å². The summed E-state index contributed by atoms with van der Waals surface area (Å²) < 4.78 is 1.75. The number of hydrogen-bond donors (Lipinski definition) is 2. The van der Waals surface area contributed by atoms with Gasteiger partial charge in [0.15, 0.2) is 5.65 Å². The number of primary amides is 1. The molecule has 1 aliphatic rings. The minimum atomic E-state index is -1.05. The van der Waals surface area contributed by atoms with E-state index in [1.807, 2.05) is 59.5 Å². The lowest BCUT2D eigenvalue weighted by Gasteiger charge is -2.46. The molecule has 1 saturated heterocycles. The first-order valence-electron chi connectivity index (χ1n) is 9.60. The highest BCUT2D eigenvalue weighted by atomic mass is 35.5. The van der Waals surface area contributed by atoms with Gasteiger partial charge in [-0.3, -0.25) is 4.79 Å². The number of nitrogens with zero attached hydrogens (tertiary/aromatic N) is 4. The van der Waals surface area contributed by atoms with Gasteiger partial charge in [-0.1, -0.05) is 53.5 Å². The van der Waals surface area contributed by atoms with E-state index in [-0.39, 0.29) is 0 Å². The van der Waals surface area contributed by atoms with Crippen LogP contribution in [0.4, 0.5) is 5.82 Å². The predicted octanol–water partition coefficient (Wildman–Crippen LogP) is 3.37. The summed E-state index contributed by atoms with van der Waals surface area (Å²) in [5.41, 5.74) is 14.4. The number of anilines is 1. The van der Waals surface area contributed by atoms with Crippen molar-refractivity contribution in [1.82, 2.24) is 14.6 Å². The van der Waals surface area contributed by atoms with Crippen molar-refractivity contribution in [3.8, 4) is 22.4 Å². The smallest absolute Gasteiger partial charge is 0.241 e. The zero-order valence-electron chi connectivity index (χ0n) is 16.3. The first-order chi connectivity index (χ1) is 14.9. The van der Waals surface area contributed by atoms with Crippen LogP contribution in [0.15, 0.2) is 60.8 Å². The molecule has 5 rings (SSSR count). The molecule has 0 aliphatic carbocycles. The van der Waals surface area contributed by atoms with Crippen molar-refractivity contribution in [2.45, 2.75) is 5.54 Å². The van der Waals surface area contributed by atoms with Crippen LogP contribution in [0.3, 0.4) is 0 Å². The number of rotatable bonds is 4. The molecule has 9 heteroatoms. The Morgan fingerprint density at radius 1 is 1.03 bits per heavy atom. The topological polar surface area (TPSA) is 103 Å². The van der Waals surface area contributed by atoms with Crippen LogP contribution in [0.2, 0.25) is 10.0 Å². The van der Waals surface area contributed by atoms with E-state index >= 15 is 0 Å². The van der Waals surface area contributed by atoms with Gasteiger partial charge in [0.2, 0.25) is 5.91 Å². The second kappa shape index (κ2) is 7.23. The third-order valence-corrected chi connectivity index (χ3v) is 6.10. The minimum absolute atomic E-state index is 0.305. The lowest BCUT2D eigenvalue weighted by atomic mass is 9.90. The van der Waals surface area contributed by atoms with E-state index in [4.69, 9.17) is 39.8 Å². The number of hydrogen-bond acceptors (Lipinski definition) is 5. The average molecular weight is 453 g/mol. The lowest BCUT2D eigenvalue weighted by molar-refractivity contribution is -0.123. The Hall–Kier alpha value is -3.13. The average Bonchev–Trinajstić information content (AvgIpc) is 3.11. The Bertz CT molecular complexity index is 1310. The predicted molar refractivity (Wildman–Crippen MR) is 122 cm³/mol. The third kappa shape index (κ3) is 3.22. The van der Waals surface area contributed by atoms with Crippen LogP contribution in [-0.4, -0.2) is 39.1 Å². The third-order valence-electron chi connectivity index (χ3n) is 5.52. The van der Waals surface area contributed by atoms with Crippen molar-refractivity contribution < 1.29 is 4.79 Å². The Kier molecular flexibility index (Phi) is 4.62. The normalized spacial score (nSPS) is 15.1. The highest BCUT2D eigenvalue weighted by molar-refractivity contribution is 6.33. The molecule has 4 aromatic rings. The van der Waals surface area contributed by atoms with E-state index in [9.17, 15) is 4.79 Å². The maximum atomic E-state index is 11.6. The summed E-state index contributed by atoms with van der Waals surface area (Å²) in [6.45, 7) is 0.609. The van der Waals surface area contributed by atoms with Crippen LogP contribution in [0.25, 0.3) is 28.0 Å². The van der Waals surface area contributed by atoms with Crippen molar-refractivity contribution in [3.63, 3.8) is 0 Å². The molecule has 1 fully saturated rings. The van der Waals surface area contributed by atoms with Gasteiger partial charge in [0.25, 0.3) is 0 Å². The summed E-state index contributed by atoms with van der Waals surface area (Å²) in [7, 11) is 0. The molecular formula is C22H18Cl2N6O. The van der Waals surface area contributed by atoms with E-state index < -0.39 is 11.4 Å². The number of carbonyl (C=O) groups excluding carboxylic acids is 1. The van der Waals surface area contributed by atoms with Gasteiger partial charge in [-0.25, -0.2) is 4.98 Å². The molecule has 156 valence electrons. The summed E-state index contributed by atoms with van der Waals surface area (Å²) in [4.78, 5) is 18.2. The SMILES string of the molecule is NC(=O)C1(N)CN(c2ccnc3c(-c4ccc(Cl)cc4)c(-c4ccccc4Cl)nn23)C1. The number of nitrogens with two attached hydrogens (primary N) is 2. The first-order valence-corrected chi connectivity index (χ1v) is 10.4. The molecule has 0 unspecified atom stereocenters. The van der Waals surface area contributed by atoms with Crippen molar-refractivity contribution in [2.24, 2.45) is 11.5 Å². The quantitative estimate of drug-likeness (QED) is 0.493. The molecule has 0 atom stereocenters. The standard InChI is InChI=1S/C22H18Cl2N6O/c23-14-7-5-13(6-8-14)18-19(15-3-1-2-4-16(15)24)28-30-17(9-10-27-20(18)30)29-11-22(26,12-29)21(25)31/h1-10H,11-12,26H2,(H2,25,31). The van der Waals surface area contributed by atoms with E-state index in [0.717, 1.165) is 22.5 Å². The van der Waals surface area contributed by atoms with Gasteiger partial charge >= 0.3 is 0 Å². The number of fused-ring (bicyclic) bond motifs is 1. The Balaban J connectivity index is 1.72. The molecule has 1 amide bonds. The first kappa shape index (κ1) is 19.8. The monoisotopic (exact) mass is 452 g/mol. The van der Waals surface area contributed by atoms with Crippen molar-refractivity contribution in [2.75, 3.05) is 18.0 Å². The molecule has 0 saturated carbocycles. The van der Waals surface area contributed by atoms with Crippen LogP contribution in [0.1, 0.15) is 0 Å². The summed E-state index contributed by atoms with van der Waals surface area (Å²) in [6.07, 6.45) is 1.71. The fraction of sp³-hybridized carbons (Fsp3) is 0.136. The Morgan fingerprint density at radius 2 is 1.74 bits per heavy atom. The molecule has 3 heterocycles. The minimum Gasteiger partial charge on any atom is -0.368 e. The fourth-order valence-electron chi connectivity index (χ4n) is 3.85. The van der Waals surface area contributed by atoms with E-state index in [1.165, 1.54) is 0 Å². The fourth-order valence-corrected chi connectivity index (χ4v) is 4.20. The summed E-state index contributed by atoms with van der Waals surface area (Å²) in [6, 6.07) is 16.9. The molecule has 0 spiro atoms. The van der Waals surface area contributed by atoms with Crippen molar-refractivity contribution in [1.29, 1.82) is 0 Å². The largest absolute Gasteiger partial charge is 0.368 e. The zero-order chi connectivity index (χ0) is 21.8. The summed E-state index contributed by atoms with van der Waals surface area (Å²) >= 11 is 12.6. The van der Waals surface area contributed by atoms with Crippen LogP contribution in [0, 0.1) is 0 Å². The van der Waals surface area contributed by atoms with Crippen molar-refractivity contribution >= 4 is 40.6 Å². The van der Waals surface area contributed by atoms with Crippen LogP contribution in [-0.2, 0) is 4.79 Å². The van der Waals surface area contributed by atoms with Gasteiger partial charge in [0, 0.05) is 29.9 Å². The molecule has 2 aromatic heterocycles. The molecule has 31 heavy (non-hydrogen) atoms. The molecule has 4 N–H and O–H groups in total. The lowest BCUT2D eigenvalue weighted by Crippen LogP contribution is -2.73. The Labute approximate surface area is 188 Å². The van der Waals surface area contributed by atoms with Gasteiger partial charge in [0.1, 0.15) is 17.1 Å². The van der Waals surface area contributed by atoms with Gasteiger partial charge in [-0.2, -0.15) is 9.61 Å². The highest BCUT2D eigenvalue weighted by Crippen LogP contribution is 2.39. The zero-order valence-corrected chi connectivity index (χ0v) is 17.8. The number of halogens is 2. The van der Waals surface area contributed by atoms with Crippen LogP contribution < -0.4 is 16.4 Å².